The van der Waals surface area contributed by atoms with Gasteiger partial charge in [-0.25, -0.2) is 0 Å². The normalized spacial score (nSPS) is 15.2. The second-order valence-electron chi connectivity index (χ2n) is 4.33. The fraction of sp³-hybridized carbons (Fsp3) is 0.385. The fourth-order valence-electron chi connectivity index (χ4n) is 1.84. The monoisotopic (exact) mass is 336 g/mol. The van der Waals surface area contributed by atoms with E-state index in [0.29, 0.717) is 29.6 Å². The molecule has 3 nitrogen and oxygen atoms in total. The first-order chi connectivity index (χ1) is 9.91. The van der Waals surface area contributed by atoms with Crippen molar-refractivity contribution in [2.45, 2.75) is 11.9 Å². The molecule has 0 bridgehead atoms. The van der Waals surface area contributed by atoms with Gasteiger partial charge in [-0.2, -0.15) is 13.2 Å². The molecule has 2 rings (SSSR count). The molecule has 0 aliphatic carbocycles. The third-order valence-corrected chi connectivity index (χ3v) is 4.15. The second-order valence-corrected chi connectivity index (χ2v) is 5.54. The van der Waals surface area contributed by atoms with Crippen LogP contribution in [-0.2, 0) is 16.7 Å². The number of amidine groups is 1. The first-order valence-corrected chi connectivity index (χ1v) is 7.63. The molecule has 1 aliphatic heterocycles. The summed E-state index contributed by atoms with van der Waals surface area (Å²) in [4.78, 5) is 17.2. The van der Waals surface area contributed by atoms with Crippen LogP contribution in [0.25, 0.3) is 0 Å². The Bertz CT molecular complexity index is 563. The van der Waals surface area contributed by atoms with E-state index in [9.17, 15) is 18.0 Å². The van der Waals surface area contributed by atoms with Gasteiger partial charge in [0, 0.05) is 12.3 Å². The molecule has 21 heavy (non-hydrogen) atoms. The van der Waals surface area contributed by atoms with Gasteiger partial charge in [-0.3, -0.25) is 14.7 Å². The first-order valence-electron chi connectivity index (χ1n) is 6.11. The predicted octanol–water partition coefficient (Wildman–Crippen LogP) is 3.38. The molecule has 114 valence electrons. The average Bonchev–Trinajstić information content (AvgIpc) is 2.92. The summed E-state index contributed by atoms with van der Waals surface area (Å²) >= 11 is 6.74. The summed E-state index contributed by atoms with van der Waals surface area (Å²) in [5, 5.41) is 0.512. The highest BCUT2D eigenvalue weighted by Crippen LogP contribution is 2.30. The zero-order valence-electron chi connectivity index (χ0n) is 10.9. The number of aliphatic imine (C=N–C) groups is 1. The van der Waals surface area contributed by atoms with E-state index in [1.54, 1.807) is 6.07 Å². The molecule has 0 spiro atoms. The van der Waals surface area contributed by atoms with Crippen LogP contribution in [0, 0.1) is 0 Å². The Balaban J connectivity index is 2.02. The van der Waals surface area contributed by atoms with Gasteiger partial charge in [-0.15, -0.1) is 11.6 Å². The van der Waals surface area contributed by atoms with Crippen LogP contribution in [0.3, 0.4) is 0 Å². The van der Waals surface area contributed by atoms with E-state index in [2.05, 4.69) is 4.99 Å². The second kappa shape index (κ2) is 6.70. The van der Waals surface area contributed by atoms with Crippen LogP contribution in [0.1, 0.15) is 11.1 Å². The number of benzene rings is 1. The number of nitrogens with zero attached hydrogens (tertiary/aromatic N) is 2. The summed E-state index contributed by atoms with van der Waals surface area (Å²) in [5.74, 6) is -0.0673. The summed E-state index contributed by atoms with van der Waals surface area (Å²) in [6.07, 6.45) is -4.35. The lowest BCUT2D eigenvalue weighted by Crippen LogP contribution is -2.33. The van der Waals surface area contributed by atoms with Crippen LogP contribution < -0.4 is 0 Å². The lowest BCUT2D eigenvalue weighted by atomic mass is 10.1. The van der Waals surface area contributed by atoms with Gasteiger partial charge >= 0.3 is 6.18 Å². The van der Waals surface area contributed by atoms with Gasteiger partial charge in [0.25, 0.3) is 0 Å². The van der Waals surface area contributed by atoms with Crippen molar-refractivity contribution in [3.8, 4) is 0 Å². The van der Waals surface area contributed by atoms with Crippen molar-refractivity contribution in [1.29, 1.82) is 0 Å². The number of alkyl halides is 4. The van der Waals surface area contributed by atoms with E-state index >= 15 is 0 Å². The largest absolute Gasteiger partial charge is 0.416 e. The minimum absolute atomic E-state index is 0.136. The number of thioether (sulfide) groups is 1. The molecule has 0 atom stereocenters. The summed E-state index contributed by atoms with van der Waals surface area (Å²) in [6.45, 7) is 0.962. The van der Waals surface area contributed by atoms with Gasteiger partial charge in [0.15, 0.2) is 5.17 Å². The van der Waals surface area contributed by atoms with E-state index in [1.807, 2.05) is 0 Å². The molecule has 1 aromatic carbocycles. The van der Waals surface area contributed by atoms with E-state index in [0.717, 1.165) is 12.1 Å². The third-order valence-electron chi connectivity index (χ3n) is 2.84. The maximum atomic E-state index is 12.6. The van der Waals surface area contributed by atoms with Gasteiger partial charge in [-0.05, 0) is 11.6 Å². The minimum atomic E-state index is -4.35. The highest BCUT2D eigenvalue weighted by molar-refractivity contribution is 8.13. The van der Waals surface area contributed by atoms with Crippen LogP contribution in [-0.4, -0.2) is 34.9 Å². The Labute approximate surface area is 129 Å². The summed E-state index contributed by atoms with van der Waals surface area (Å²) in [5.41, 5.74) is -0.148. The van der Waals surface area contributed by atoms with Gasteiger partial charge < -0.3 is 0 Å². The van der Waals surface area contributed by atoms with E-state index in [4.69, 9.17) is 11.6 Å². The van der Waals surface area contributed by atoms with Gasteiger partial charge in [0.2, 0.25) is 5.91 Å². The van der Waals surface area contributed by atoms with Crippen molar-refractivity contribution in [1.82, 2.24) is 4.90 Å². The van der Waals surface area contributed by atoms with Crippen molar-refractivity contribution in [3.63, 3.8) is 0 Å². The van der Waals surface area contributed by atoms with Crippen LogP contribution in [0.4, 0.5) is 13.2 Å². The smallest absolute Gasteiger partial charge is 0.289 e. The Morgan fingerprint density at radius 1 is 1.43 bits per heavy atom. The van der Waals surface area contributed by atoms with Crippen LogP contribution in [0.5, 0.6) is 0 Å². The molecule has 0 fully saturated rings. The maximum absolute atomic E-state index is 12.6. The number of halogens is 4. The zero-order chi connectivity index (χ0) is 15.5. The number of hydrogen-bond donors (Lipinski definition) is 0. The van der Waals surface area contributed by atoms with Crippen molar-refractivity contribution < 1.29 is 18.0 Å². The number of hydrogen-bond acceptors (Lipinski definition) is 3. The van der Waals surface area contributed by atoms with Crippen LogP contribution in [0.15, 0.2) is 29.3 Å². The molecule has 0 aromatic heterocycles. The van der Waals surface area contributed by atoms with Crippen molar-refractivity contribution >= 4 is 34.4 Å². The molecule has 8 heteroatoms. The molecule has 0 saturated carbocycles. The van der Waals surface area contributed by atoms with E-state index in [1.165, 1.54) is 22.7 Å². The third kappa shape index (κ3) is 4.14. The summed E-state index contributed by atoms with van der Waals surface area (Å²) < 4.78 is 37.9. The Hall–Kier alpha value is -1.21. The standard InChI is InChI=1S/C13H12ClF3N2OS/c14-7-11(20)19-5-4-18-12(19)21-8-9-2-1-3-10(6-9)13(15,16)17/h1-3,6H,4-5,7-8H2. The van der Waals surface area contributed by atoms with Gasteiger partial charge in [0.1, 0.15) is 5.88 Å². The van der Waals surface area contributed by atoms with Crippen LogP contribution >= 0.6 is 23.4 Å². The van der Waals surface area contributed by atoms with Gasteiger partial charge in [0.05, 0.1) is 12.1 Å². The molecule has 1 heterocycles. The molecule has 1 aromatic rings. The summed E-state index contributed by atoms with van der Waals surface area (Å²) in [7, 11) is 0. The molecule has 0 radical (unpaired) electrons. The Morgan fingerprint density at radius 3 is 2.86 bits per heavy atom. The zero-order valence-corrected chi connectivity index (χ0v) is 12.4. The molecule has 0 N–H and O–H groups in total. The molecule has 0 saturated heterocycles. The molecular weight excluding hydrogens is 325 g/mol. The maximum Gasteiger partial charge on any atom is 0.416 e. The number of carbonyl (C=O) groups is 1. The van der Waals surface area contributed by atoms with Gasteiger partial charge in [-0.1, -0.05) is 30.0 Å². The van der Waals surface area contributed by atoms with Crippen molar-refractivity contribution in [2.24, 2.45) is 4.99 Å². The number of amides is 1. The van der Waals surface area contributed by atoms with E-state index in [-0.39, 0.29) is 11.8 Å². The lowest BCUT2D eigenvalue weighted by molar-refractivity contribution is -0.137. The molecule has 1 amide bonds. The van der Waals surface area contributed by atoms with Crippen molar-refractivity contribution in [2.75, 3.05) is 19.0 Å². The number of carbonyl (C=O) groups excluding carboxylic acids is 1. The topological polar surface area (TPSA) is 32.7 Å². The highest BCUT2D eigenvalue weighted by atomic mass is 35.5. The number of rotatable bonds is 3. The van der Waals surface area contributed by atoms with E-state index < -0.39 is 11.7 Å². The average molecular weight is 337 g/mol. The fourth-order valence-corrected chi connectivity index (χ4v) is 2.99. The minimum Gasteiger partial charge on any atom is -0.289 e. The Morgan fingerprint density at radius 2 is 2.19 bits per heavy atom. The van der Waals surface area contributed by atoms with Crippen LogP contribution in [0.2, 0.25) is 0 Å². The molecule has 0 unspecified atom stereocenters. The predicted molar refractivity (Wildman–Crippen MR) is 77.5 cm³/mol. The lowest BCUT2D eigenvalue weighted by Gasteiger charge is -2.16. The first kappa shape index (κ1) is 16.2. The quantitative estimate of drug-likeness (QED) is 0.793. The Kier molecular flexibility index (Phi) is 5.16. The SMILES string of the molecule is O=C(CCl)N1CCN=C1SCc1cccc(C(F)(F)F)c1. The highest BCUT2D eigenvalue weighted by Gasteiger charge is 2.30. The van der Waals surface area contributed by atoms with Crippen molar-refractivity contribution in [3.05, 3.63) is 35.4 Å². The summed E-state index contributed by atoms with van der Waals surface area (Å²) in [6, 6.07) is 5.13. The molecular formula is C13H12ClF3N2OS. The molecule has 1 aliphatic rings.